The van der Waals surface area contributed by atoms with Gasteiger partial charge in [0, 0.05) is 19.6 Å². The number of hydrogen-bond donors (Lipinski definition) is 2. The number of amides is 2. The number of nitrogens with two attached hydrogens (primary N) is 1. The topological polar surface area (TPSA) is 89.2 Å². The van der Waals surface area contributed by atoms with Gasteiger partial charge < -0.3 is 15.2 Å². The van der Waals surface area contributed by atoms with Crippen LogP contribution in [0.3, 0.4) is 0 Å². The second kappa shape index (κ2) is 8.50. The summed E-state index contributed by atoms with van der Waals surface area (Å²) in [6.45, 7) is 7.58. The Kier molecular flexibility index (Phi) is 6.37. The molecule has 7 heteroatoms. The first-order valence-corrected chi connectivity index (χ1v) is 7.72. The predicted molar refractivity (Wildman–Crippen MR) is 88.7 cm³/mol. The van der Waals surface area contributed by atoms with E-state index in [1.807, 2.05) is 24.3 Å². The van der Waals surface area contributed by atoms with Gasteiger partial charge in [0.05, 0.1) is 18.4 Å². The van der Waals surface area contributed by atoms with Crippen molar-refractivity contribution in [2.24, 2.45) is 10.8 Å². The van der Waals surface area contributed by atoms with E-state index in [4.69, 9.17) is 15.2 Å². The van der Waals surface area contributed by atoms with Crippen LogP contribution in [0.5, 0.6) is 5.75 Å². The van der Waals surface area contributed by atoms with Crippen LogP contribution >= 0.6 is 0 Å². The number of hydrogen-bond acceptors (Lipinski definition) is 5. The van der Waals surface area contributed by atoms with Gasteiger partial charge in [0.15, 0.2) is 0 Å². The van der Waals surface area contributed by atoms with E-state index in [1.54, 1.807) is 0 Å². The molecule has 2 unspecified atom stereocenters. The first-order valence-electron chi connectivity index (χ1n) is 7.72. The second-order valence-corrected chi connectivity index (χ2v) is 5.67. The van der Waals surface area contributed by atoms with Gasteiger partial charge in [-0.05, 0) is 43.7 Å². The predicted octanol–water partition coefficient (Wildman–Crippen LogP) is 1.18. The second-order valence-electron chi connectivity index (χ2n) is 5.67. The summed E-state index contributed by atoms with van der Waals surface area (Å²) in [5.74, 6) is 0.805. The number of urea groups is 1. The third kappa shape index (κ3) is 6.25. The van der Waals surface area contributed by atoms with E-state index in [2.05, 4.69) is 29.3 Å². The van der Waals surface area contributed by atoms with Crippen LogP contribution in [0, 0.1) is 0 Å². The smallest absolute Gasteiger partial charge is 0.332 e. The van der Waals surface area contributed by atoms with Crippen molar-refractivity contribution in [1.29, 1.82) is 0 Å². The first-order chi connectivity index (χ1) is 11.0. The summed E-state index contributed by atoms with van der Waals surface area (Å²) in [5, 5.41) is 3.70. The lowest BCUT2D eigenvalue weighted by Crippen LogP contribution is -2.46. The fourth-order valence-corrected chi connectivity index (χ4v) is 2.58. The van der Waals surface area contributed by atoms with Crippen molar-refractivity contribution in [3.8, 4) is 5.75 Å². The lowest BCUT2D eigenvalue weighted by Gasteiger charge is -2.35. The molecule has 126 valence electrons. The molecule has 0 spiro atoms. The van der Waals surface area contributed by atoms with Crippen molar-refractivity contribution in [2.45, 2.75) is 26.1 Å². The summed E-state index contributed by atoms with van der Waals surface area (Å²) in [6.07, 6.45) is 2.06. The van der Waals surface area contributed by atoms with Crippen molar-refractivity contribution >= 4 is 12.2 Å². The zero-order chi connectivity index (χ0) is 16.7. The Labute approximate surface area is 136 Å². The number of nitrogens with one attached hydrogen (secondary N) is 1. The van der Waals surface area contributed by atoms with Gasteiger partial charge in [0.1, 0.15) is 12.4 Å². The highest BCUT2D eigenvalue weighted by atomic mass is 16.5. The number of morpholine rings is 1. The van der Waals surface area contributed by atoms with E-state index >= 15 is 0 Å². The molecular formula is C16H24N4O3. The van der Waals surface area contributed by atoms with Crippen LogP contribution in [-0.2, 0) is 4.74 Å². The van der Waals surface area contributed by atoms with Crippen molar-refractivity contribution in [2.75, 3.05) is 26.2 Å². The van der Waals surface area contributed by atoms with E-state index in [-0.39, 0.29) is 12.2 Å². The van der Waals surface area contributed by atoms with Gasteiger partial charge in [-0.2, -0.15) is 5.10 Å². The number of carbonyl (C=O) groups is 1. The van der Waals surface area contributed by atoms with Crippen molar-refractivity contribution in [3.63, 3.8) is 0 Å². The molecule has 1 aliphatic heterocycles. The normalized spacial score (nSPS) is 22.2. The SMILES string of the molecule is CC1CN(CCOc2ccc(C=NNC(N)=O)cc2)CC(C)O1. The quantitative estimate of drug-likeness (QED) is 0.608. The van der Waals surface area contributed by atoms with Crippen LogP contribution in [0.15, 0.2) is 29.4 Å². The molecule has 1 aliphatic rings. The molecule has 0 bridgehead atoms. The lowest BCUT2D eigenvalue weighted by atomic mass is 10.2. The number of primary amides is 1. The van der Waals surface area contributed by atoms with Gasteiger partial charge in [-0.25, -0.2) is 10.2 Å². The fourth-order valence-electron chi connectivity index (χ4n) is 2.58. The van der Waals surface area contributed by atoms with E-state index in [0.717, 1.165) is 30.9 Å². The van der Waals surface area contributed by atoms with Gasteiger partial charge in [0.2, 0.25) is 0 Å². The van der Waals surface area contributed by atoms with Gasteiger partial charge in [-0.15, -0.1) is 0 Å². The van der Waals surface area contributed by atoms with E-state index < -0.39 is 6.03 Å². The standard InChI is InChI=1S/C16H24N4O3/c1-12-10-20(11-13(2)23-12)7-8-22-15-5-3-14(4-6-15)9-18-19-16(17)21/h3-6,9,12-13H,7-8,10-11H2,1-2H3,(H3,17,19,21). The fraction of sp³-hybridized carbons (Fsp3) is 0.500. The maximum Gasteiger partial charge on any atom is 0.332 e. The third-order valence-electron chi connectivity index (χ3n) is 3.44. The lowest BCUT2D eigenvalue weighted by molar-refractivity contribution is -0.0699. The highest BCUT2D eigenvalue weighted by Crippen LogP contribution is 2.13. The Morgan fingerprint density at radius 3 is 2.65 bits per heavy atom. The molecule has 7 nitrogen and oxygen atoms in total. The summed E-state index contributed by atoms with van der Waals surface area (Å²) in [6, 6.07) is 6.78. The molecule has 1 saturated heterocycles. The highest BCUT2D eigenvalue weighted by Gasteiger charge is 2.21. The molecule has 3 N–H and O–H groups in total. The van der Waals surface area contributed by atoms with Crippen molar-refractivity contribution in [1.82, 2.24) is 10.3 Å². The summed E-state index contributed by atoms with van der Waals surface area (Å²) in [4.78, 5) is 12.9. The molecule has 2 atom stereocenters. The van der Waals surface area contributed by atoms with Gasteiger partial charge >= 0.3 is 6.03 Å². The summed E-state index contributed by atoms with van der Waals surface area (Å²) < 4.78 is 11.5. The van der Waals surface area contributed by atoms with Gasteiger partial charge in [-0.1, -0.05) is 0 Å². The third-order valence-corrected chi connectivity index (χ3v) is 3.44. The van der Waals surface area contributed by atoms with Crippen LogP contribution in [0.4, 0.5) is 4.79 Å². The average Bonchev–Trinajstić information content (AvgIpc) is 2.47. The Bertz CT molecular complexity index is 523. The summed E-state index contributed by atoms with van der Waals surface area (Å²) in [7, 11) is 0. The summed E-state index contributed by atoms with van der Waals surface area (Å²) in [5.41, 5.74) is 7.92. The molecule has 0 aromatic heterocycles. The number of hydrazone groups is 1. The monoisotopic (exact) mass is 320 g/mol. The Morgan fingerprint density at radius 2 is 2.04 bits per heavy atom. The molecular weight excluding hydrogens is 296 g/mol. The Balaban J connectivity index is 1.73. The molecule has 0 radical (unpaired) electrons. The van der Waals surface area contributed by atoms with E-state index in [0.29, 0.717) is 6.61 Å². The Morgan fingerprint density at radius 1 is 1.39 bits per heavy atom. The molecule has 1 aromatic carbocycles. The minimum absolute atomic E-state index is 0.270. The number of carbonyl (C=O) groups excluding carboxylic acids is 1. The van der Waals surface area contributed by atoms with E-state index in [9.17, 15) is 4.79 Å². The number of rotatable bonds is 6. The average molecular weight is 320 g/mol. The molecule has 0 saturated carbocycles. The maximum atomic E-state index is 10.5. The van der Waals surface area contributed by atoms with Crippen LogP contribution in [0.1, 0.15) is 19.4 Å². The molecule has 0 aliphatic carbocycles. The highest BCUT2D eigenvalue weighted by molar-refractivity contribution is 5.81. The van der Waals surface area contributed by atoms with Crippen LogP contribution in [-0.4, -0.2) is 55.6 Å². The number of ether oxygens (including phenoxy) is 2. The van der Waals surface area contributed by atoms with Crippen molar-refractivity contribution in [3.05, 3.63) is 29.8 Å². The van der Waals surface area contributed by atoms with Crippen LogP contribution in [0.2, 0.25) is 0 Å². The zero-order valence-electron chi connectivity index (χ0n) is 13.6. The van der Waals surface area contributed by atoms with Crippen molar-refractivity contribution < 1.29 is 14.3 Å². The maximum absolute atomic E-state index is 10.5. The summed E-state index contributed by atoms with van der Waals surface area (Å²) >= 11 is 0. The molecule has 2 amide bonds. The molecule has 1 aromatic rings. The minimum Gasteiger partial charge on any atom is -0.492 e. The van der Waals surface area contributed by atoms with Gasteiger partial charge in [0.25, 0.3) is 0 Å². The molecule has 2 rings (SSSR count). The molecule has 1 heterocycles. The largest absolute Gasteiger partial charge is 0.492 e. The van der Waals surface area contributed by atoms with E-state index in [1.165, 1.54) is 6.21 Å². The number of nitrogens with zero attached hydrogens (tertiary/aromatic N) is 2. The molecule has 1 fully saturated rings. The number of benzene rings is 1. The minimum atomic E-state index is -0.687. The zero-order valence-corrected chi connectivity index (χ0v) is 13.6. The first kappa shape index (κ1) is 17.2. The van der Waals surface area contributed by atoms with Crippen LogP contribution < -0.4 is 15.9 Å². The molecule has 23 heavy (non-hydrogen) atoms. The van der Waals surface area contributed by atoms with Gasteiger partial charge in [-0.3, -0.25) is 4.90 Å². The Hall–Kier alpha value is -2.12. The van der Waals surface area contributed by atoms with Crippen LogP contribution in [0.25, 0.3) is 0 Å².